The molecule has 0 fully saturated rings. The Morgan fingerprint density at radius 2 is 2.18 bits per heavy atom. The summed E-state index contributed by atoms with van der Waals surface area (Å²) in [6.45, 7) is -0.656. The van der Waals surface area contributed by atoms with Crippen molar-refractivity contribution in [3.8, 4) is 5.75 Å². The number of hydrogen-bond donors (Lipinski definition) is 1. The second-order valence-electron chi connectivity index (χ2n) is 3.15. The van der Waals surface area contributed by atoms with Gasteiger partial charge in [-0.3, -0.25) is 4.98 Å². The number of nitrogens with zero attached hydrogens (tertiary/aromatic N) is 1. The molecule has 0 aliphatic carbocycles. The predicted octanol–water partition coefficient (Wildman–Crippen LogP) is 2.69. The summed E-state index contributed by atoms with van der Waals surface area (Å²) in [5.41, 5.74) is 5.02. The molecule has 0 aromatic carbocycles. The SMILES string of the molecule is NC(=S)C(COc1cncc(Br)c1)C(F)(F)F. The van der Waals surface area contributed by atoms with E-state index in [0.717, 1.165) is 0 Å². The summed E-state index contributed by atoms with van der Waals surface area (Å²) in [4.78, 5) is 3.11. The van der Waals surface area contributed by atoms with Crippen molar-refractivity contribution < 1.29 is 17.9 Å². The Labute approximate surface area is 109 Å². The van der Waals surface area contributed by atoms with Gasteiger partial charge in [-0.2, -0.15) is 13.2 Å². The number of nitrogens with two attached hydrogens (primary N) is 1. The average Bonchev–Trinajstić information content (AvgIpc) is 2.15. The zero-order valence-electron chi connectivity index (χ0n) is 8.37. The molecule has 0 saturated heterocycles. The number of halogens is 4. The Hall–Kier alpha value is -0.890. The minimum atomic E-state index is -4.51. The molecule has 0 aliphatic heterocycles. The van der Waals surface area contributed by atoms with Crippen LogP contribution >= 0.6 is 28.1 Å². The summed E-state index contributed by atoms with van der Waals surface area (Å²) < 4.78 is 43.0. The van der Waals surface area contributed by atoms with E-state index in [2.05, 4.69) is 33.1 Å². The van der Waals surface area contributed by atoms with Crippen molar-refractivity contribution in [3.05, 3.63) is 22.9 Å². The molecule has 8 heteroatoms. The van der Waals surface area contributed by atoms with Gasteiger partial charge in [0.05, 0.1) is 11.2 Å². The van der Waals surface area contributed by atoms with Crippen molar-refractivity contribution in [3.63, 3.8) is 0 Å². The molecule has 3 nitrogen and oxygen atoms in total. The fourth-order valence-electron chi connectivity index (χ4n) is 0.989. The highest BCUT2D eigenvalue weighted by molar-refractivity contribution is 9.10. The first-order valence-corrected chi connectivity index (χ1v) is 5.60. The van der Waals surface area contributed by atoms with Gasteiger partial charge in [0.2, 0.25) is 0 Å². The van der Waals surface area contributed by atoms with E-state index in [4.69, 9.17) is 10.5 Å². The third-order valence-corrected chi connectivity index (χ3v) is 2.55. The molecule has 0 amide bonds. The molecule has 1 heterocycles. The highest BCUT2D eigenvalue weighted by Crippen LogP contribution is 2.27. The van der Waals surface area contributed by atoms with Gasteiger partial charge in [-0.25, -0.2) is 0 Å². The quantitative estimate of drug-likeness (QED) is 0.863. The first-order valence-electron chi connectivity index (χ1n) is 4.40. The van der Waals surface area contributed by atoms with Crippen LogP contribution in [0.5, 0.6) is 5.75 Å². The summed E-state index contributed by atoms with van der Waals surface area (Å²) in [6, 6.07) is 1.50. The Morgan fingerprint density at radius 1 is 1.53 bits per heavy atom. The monoisotopic (exact) mass is 328 g/mol. The lowest BCUT2D eigenvalue weighted by Crippen LogP contribution is -2.38. The fourth-order valence-corrected chi connectivity index (χ4v) is 1.53. The lowest BCUT2D eigenvalue weighted by Gasteiger charge is -2.19. The minimum absolute atomic E-state index is 0.213. The van der Waals surface area contributed by atoms with Crippen LogP contribution in [0.1, 0.15) is 0 Å². The van der Waals surface area contributed by atoms with Gasteiger partial charge in [0.25, 0.3) is 0 Å². The molecule has 1 unspecified atom stereocenters. The summed E-state index contributed by atoms with van der Waals surface area (Å²) >= 11 is 7.48. The predicted molar refractivity (Wildman–Crippen MR) is 63.8 cm³/mol. The highest BCUT2D eigenvalue weighted by Gasteiger charge is 2.42. The molecule has 1 aromatic rings. The molecular weight excluding hydrogens is 321 g/mol. The molecule has 1 atom stereocenters. The maximum atomic E-state index is 12.5. The number of aromatic nitrogens is 1. The third kappa shape index (κ3) is 4.47. The van der Waals surface area contributed by atoms with Gasteiger partial charge >= 0.3 is 6.18 Å². The molecule has 0 spiro atoms. The number of pyridine rings is 1. The molecule has 94 valence electrons. The fraction of sp³-hybridized carbons (Fsp3) is 0.333. The lowest BCUT2D eigenvalue weighted by molar-refractivity contribution is -0.161. The van der Waals surface area contributed by atoms with Gasteiger partial charge in [0.15, 0.2) is 0 Å². The summed E-state index contributed by atoms with van der Waals surface area (Å²) in [5, 5.41) is 0. The van der Waals surface area contributed by atoms with Gasteiger partial charge in [0, 0.05) is 10.7 Å². The van der Waals surface area contributed by atoms with Gasteiger partial charge in [-0.05, 0) is 22.0 Å². The Morgan fingerprint density at radius 3 is 2.65 bits per heavy atom. The molecule has 1 rings (SSSR count). The molecule has 0 bridgehead atoms. The van der Waals surface area contributed by atoms with E-state index >= 15 is 0 Å². The van der Waals surface area contributed by atoms with E-state index in [9.17, 15) is 13.2 Å². The van der Waals surface area contributed by atoms with Crippen molar-refractivity contribution in [1.82, 2.24) is 4.98 Å². The summed E-state index contributed by atoms with van der Waals surface area (Å²) in [7, 11) is 0. The van der Waals surface area contributed by atoms with Crippen molar-refractivity contribution >= 4 is 33.1 Å². The summed E-state index contributed by atoms with van der Waals surface area (Å²) in [5.74, 6) is -1.75. The second-order valence-corrected chi connectivity index (χ2v) is 4.53. The van der Waals surface area contributed by atoms with Crippen LogP contribution in [-0.4, -0.2) is 22.8 Å². The number of alkyl halides is 3. The van der Waals surface area contributed by atoms with E-state index in [1.165, 1.54) is 18.5 Å². The Balaban J connectivity index is 2.68. The van der Waals surface area contributed by atoms with Crippen LogP contribution in [0.3, 0.4) is 0 Å². The van der Waals surface area contributed by atoms with Crippen molar-refractivity contribution in [2.45, 2.75) is 6.18 Å². The smallest absolute Gasteiger partial charge is 0.401 e. The first-order chi connectivity index (χ1) is 7.80. The van der Waals surface area contributed by atoms with Crippen molar-refractivity contribution in [2.75, 3.05) is 6.61 Å². The molecule has 2 N–H and O–H groups in total. The topological polar surface area (TPSA) is 48.1 Å². The zero-order valence-corrected chi connectivity index (χ0v) is 10.8. The first kappa shape index (κ1) is 14.2. The maximum Gasteiger partial charge on any atom is 0.401 e. The third-order valence-electron chi connectivity index (χ3n) is 1.84. The lowest BCUT2D eigenvalue weighted by atomic mass is 10.1. The number of thiocarbonyl (C=S) groups is 1. The standard InChI is InChI=1S/C9H8BrF3N2OS/c10-5-1-6(3-15-2-5)16-4-7(8(14)17)9(11,12)13/h1-3,7H,4H2,(H2,14,17). The number of ether oxygens (including phenoxy) is 1. The molecular formula is C9H8BrF3N2OS. The van der Waals surface area contributed by atoms with Gasteiger partial charge < -0.3 is 10.5 Å². The zero-order chi connectivity index (χ0) is 13.1. The number of hydrogen-bond acceptors (Lipinski definition) is 3. The second kappa shape index (κ2) is 5.63. The molecule has 17 heavy (non-hydrogen) atoms. The Kier molecular flexibility index (Phi) is 4.70. The normalized spacial score (nSPS) is 13.2. The van der Waals surface area contributed by atoms with Crippen LogP contribution in [0.2, 0.25) is 0 Å². The van der Waals surface area contributed by atoms with E-state index in [1.54, 1.807) is 0 Å². The van der Waals surface area contributed by atoms with Crippen LogP contribution in [0.15, 0.2) is 22.9 Å². The molecule has 1 aromatic heterocycles. The van der Waals surface area contributed by atoms with Crippen LogP contribution < -0.4 is 10.5 Å². The largest absolute Gasteiger partial charge is 0.491 e. The van der Waals surface area contributed by atoms with Crippen LogP contribution in [-0.2, 0) is 0 Å². The van der Waals surface area contributed by atoms with Crippen LogP contribution in [0.25, 0.3) is 0 Å². The van der Waals surface area contributed by atoms with Gasteiger partial charge in [0.1, 0.15) is 18.3 Å². The van der Waals surface area contributed by atoms with Gasteiger partial charge in [-0.15, -0.1) is 0 Å². The molecule has 0 aliphatic rings. The van der Waals surface area contributed by atoms with Crippen LogP contribution in [0, 0.1) is 5.92 Å². The highest BCUT2D eigenvalue weighted by atomic mass is 79.9. The summed E-state index contributed by atoms with van der Waals surface area (Å²) in [6.07, 6.45) is -1.72. The van der Waals surface area contributed by atoms with Crippen LogP contribution in [0.4, 0.5) is 13.2 Å². The Bertz CT molecular complexity index is 413. The van der Waals surface area contributed by atoms with E-state index in [1.807, 2.05) is 0 Å². The van der Waals surface area contributed by atoms with E-state index in [0.29, 0.717) is 4.47 Å². The van der Waals surface area contributed by atoms with Crippen molar-refractivity contribution in [2.24, 2.45) is 11.7 Å². The van der Waals surface area contributed by atoms with Crippen molar-refractivity contribution in [1.29, 1.82) is 0 Å². The average molecular weight is 329 g/mol. The van der Waals surface area contributed by atoms with E-state index < -0.39 is 23.7 Å². The molecule has 0 radical (unpaired) electrons. The minimum Gasteiger partial charge on any atom is -0.491 e. The van der Waals surface area contributed by atoms with E-state index in [-0.39, 0.29) is 5.75 Å². The maximum absolute atomic E-state index is 12.5. The number of rotatable bonds is 4. The van der Waals surface area contributed by atoms with Gasteiger partial charge in [-0.1, -0.05) is 12.2 Å². The molecule has 0 saturated carbocycles.